The molecule has 2 nitrogen and oxygen atoms in total. The lowest BCUT2D eigenvalue weighted by molar-refractivity contribution is 0.269. The Morgan fingerprint density at radius 1 is 1.44 bits per heavy atom. The number of nitrogens with two attached hydrogens (primary N) is 1. The molecule has 0 aromatic heterocycles. The topological polar surface area (TPSA) is 29.3 Å². The van der Waals surface area contributed by atoms with Gasteiger partial charge in [0.15, 0.2) is 0 Å². The number of rotatable bonds is 5. The molecule has 1 aromatic carbocycles. The first-order valence-corrected chi connectivity index (χ1v) is 6.33. The van der Waals surface area contributed by atoms with E-state index in [1.165, 1.54) is 24.9 Å². The van der Waals surface area contributed by atoms with Gasteiger partial charge in [0, 0.05) is 23.8 Å². The van der Waals surface area contributed by atoms with Crippen LogP contribution < -0.4 is 5.73 Å². The molecule has 1 saturated carbocycles. The van der Waals surface area contributed by atoms with E-state index in [9.17, 15) is 0 Å². The number of benzene rings is 1. The zero-order valence-corrected chi connectivity index (χ0v) is 10.5. The fourth-order valence-electron chi connectivity index (χ4n) is 1.92. The van der Waals surface area contributed by atoms with E-state index < -0.39 is 0 Å². The number of hydrogen-bond donors (Lipinski definition) is 1. The normalized spacial score (nSPS) is 15.7. The highest BCUT2D eigenvalue weighted by atomic mass is 35.5. The van der Waals surface area contributed by atoms with Crippen LogP contribution in [0.4, 0.5) is 5.69 Å². The fourth-order valence-corrected chi connectivity index (χ4v) is 2.10. The second-order valence-corrected chi connectivity index (χ2v) is 5.05. The minimum Gasteiger partial charge on any atom is -0.398 e. The summed E-state index contributed by atoms with van der Waals surface area (Å²) in [4.78, 5) is 2.46. The van der Waals surface area contributed by atoms with E-state index in [2.05, 4.69) is 11.8 Å². The maximum atomic E-state index is 5.96. The van der Waals surface area contributed by atoms with Gasteiger partial charge in [0.05, 0.1) is 0 Å². The smallest absolute Gasteiger partial charge is 0.0426 e. The van der Waals surface area contributed by atoms with Gasteiger partial charge in [-0.25, -0.2) is 0 Å². The first kappa shape index (κ1) is 11.7. The number of nitrogen functional groups attached to an aromatic ring is 1. The first-order valence-electron chi connectivity index (χ1n) is 5.95. The molecule has 3 heteroatoms. The third-order valence-electron chi connectivity index (χ3n) is 3.16. The molecule has 0 saturated heterocycles. The SMILES string of the molecule is CCN(Cc1ccc(Cl)cc1N)CC1CC1. The fraction of sp³-hybridized carbons (Fsp3) is 0.538. The highest BCUT2D eigenvalue weighted by Crippen LogP contribution is 2.30. The summed E-state index contributed by atoms with van der Waals surface area (Å²) < 4.78 is 0. The van der Waals surface area contributed by atoms with Crippen LogP contribution in [0.2, 0.25) is 5.02 Å². The van der Waals surface area contributed by atoms with Crippen molar-refractivity contribution in [3.05, 3.63) is 28.8 Å². The van der Waals surface area contributed by atoms with Crippen molar-refractivity contribution in [3.8, 4) is 0 Å². The second kappa shape index (κ2) is 5.07. The molecule has 0 unspecified atom stereocenters. The maximum absolute atomic E-state index is 5.96. The summed E-state index contributed by atoms with van der Waals surface area (Å²) in [5.41, 5.74) is 7.95. The molecule has 0 bridgehead atoms. The van der Waals surface area contributed by atoms with Gasteiger partial charge in [-0.2, -0.15) is 0 Å². The van der Waals surface area contributed by atoms with Crippen molar-refractivity contribution in [1.29, 1.82) is 0 Å². The van der Waals surface area contributed by atoms with Crippen LogP contribution >= 0.6 is 11.6 Å². The van der Waals surface area contributed by atoms with Gasteiger partial charge in [0.25, 0.3) is 0 Å². The summed E-state index contributed by atoms with van der Waals surface area (Å²) >= 11 is 5.89. The number of halogens is 1. The van der Waals surface area contributed by atoms with Crippen molar-refractivity contribution in [3.63, 3.8) is 0 Å². The number of hydrogen-bond acceptors (Lipinski definition) is 2. The van der Waals surface area contributed by atoms with Crippen LogP contribution in [0.5, 0.6) is 0 Å². The van der Waals surface area contributed by atoms with Crippen LogP contribution in [0, 0.1) is 5.92 Å². The average Bonchev–Trinajstić information content (AvgIpc) is 3.04. The second-order valence-electron chi connectivity index (χ2n) is 4.61. The Balaban J connectivity index is 1.99. The summed E-state index contributed by atoms with van der Waals surface area (Å²) in [6.45, 7) is 5.43. The molecule has 16 heavy (non-hydrogen) atoms. The average molecular weight is 239 g/mol. The Hall–Kier alpha value is -0.730. The molecule has 1 fully saturated rings. The number of nitrogens with zero attached hydrogens (tertiary/aromatic N) is 1. The van der Waals surface area contributed by atoms with Gasteiger partial charge >= 0.3 is 0 Å². The van der Waals surface area contributed by atoms with Gasteiger partial charge in [0.1, 0.15) is 0 Å². The van der Waals surface area contributed by atoms with Gasteiger partial charge in [-0.15, -0.1) is 0 Å². The zero-order chi connectivity index (χ0) is 11.5. The first-order chi connectivity index (χ1) is 7.69. The molecule has 0 heterocycles. The molecular formula is C13H19ClN2. The lowest BCUT2D eigenvalue weighted by atomic mass is 10.1. The Bertz CT molecular complexity index is 361. The van der Waals surface area contributed by atoms with E-state index in [-0.39, 0.29) is 0 Å². The summed E-state index contributed by atoms with van der Waals surface area (Å²) in [5.74, 6) is 0.925. The summed E-state index contributed by atoms with van der Waals surface area (Å²) in [6.07, 6.45) is 2.79. The highest BCUT2D eigenvalue weighted by molar-refractivity contribution is 6.30. The lowest BCUT2D eigenvalue weighted by Gasteiger charge is -2.21. The van der Waals surface area contributed by atoms with Gasteiger partial charge < -0.3 is 5.73 Å². The third-order valence-corrected chi connectivity index (χ3v) is 3.40. The summed E-state index contributed by atoms with van der Waals surface area (Å²) in [6, 6.07) is 5.79. The Morgan fingerprint density at radius 3 is 2.75 bits per heavy atom. The molecule has 88 valence electrons. The van der Waals surface area contributed by atoms with E-state index in [1.807, 2.05) is 18.2 Å². The van der Waals surface area contributed by atoms with E-state index in [0.29, 0.717) is 5.02 Å². The largest absolute Gasteiger partial charge is 0.398 e. The molecular weight excluding hydrogens is 220 g/mol. The summed E-state index contributed by atoms with van der Waals surface area (Å²) in [5, 5.41) is 0.714. The molecule has 0 aliphatic heterocycles. The van der Waals surface area contributed by atoms with Crippen molar-refractivity contribution in [2.75, 3.05) is 18.8 Å². The van der Waals surface area contributed by atoms with Crippen LogP contribution in [0.25, 0.3) is 0 Å². The highest BCUT2D eigenvalue weighted by Gasteiger charge is 2.23. The molecule has 0 radical (unpaired) electrons. The Morgan fingerprint density at radius 2 is 2.19 bits per heavy atom. The standard InChI is InChI=1S/C13H19ClN2/c1-2-16(8-10-3-4-10)9-11-5-6-12(14)7-13(11)15/h5-7,10H,2-4,8-9,15H2,1H3. The van der Waals surface area contributed by atoms with E-state index in [0.717, 1.165) is 24.7 Å². The molecule has 0 spiro atoms. The number of anilines is 1. The van der Waals surface area contributed by atoms with Crippen molar-refractivity contribution in [2.24, 2.45) is 5.92 Å². The van der Waals surface area contributed by atoms with Gasteiger partial charge in [0.2, 0.25) is 0 Å². The van der Waals surface area contributed by atoms with E-state index in [1.54, 1.807) is 0 Å². The van der Waals surface area contributed by atoms with E-state index >= 15 is 0 Å². The molecule has 1 aliphatic carbocycles. The predicted molar refractivity (Wildman–Crippen MR) is 69.5 cm³/mol. The minimum atomic E-state index is 0.714. The van der Waals surface area contributed by atoms with Crippen molar-refractivity contribution in [1.82, 2.24) is 4.90 Å². The van der Waals surface area contributed by atoms with Crippen molar-refractivity contribution >= 4 is 17.3 Å². The van der Waals surface area contributed by atoms with E-state index in [4.69, 9.17) is 17.3 Å². The quantitative estimate of drug-likeness (QED) is 0.799. The van der Waals surface area contributed by atoms with Crippen LogP contribution in [-0.4, -0.2) is 18.0 Å². The molecule has 2 rings (SSSR count). The third kappa shape index (κ3) is 3.13. The molecule has 1 aliphatic rings. The lowest BCUT2D eigenvalue weighted by Crippen LogP contribution is -2.25. The van der Waals surface area contributed by atoms with Crippen LogP contribution in [-0.2, 0) is 6.54 Å². The van der Waals surface area contributed by atoms with Crippen LogP contribution in [0.15, 0.2) is 18.2 Å². The minimum absolute atomic E-state index is 0.714. The van der Waals surface area contributed by atoms with Gasteiger partial charge in [-0.05, 0) is 43.0 Å². The van der Waals surface area contributed by atoms with Gasteiger partial charge in [-0.1, -0.05) is 24.6 Å². The summed E-state index contributed by atoms with van der Waals surface area (Å²) in [7, 11) is 0. The monoisotopic (exact) mass is 238 g/mol. The van der Waals surface area contributed by atoms with Crippen molar-refractivity contribution in [2.45, 2.75) is 26.3 Å². The Kier molecular flexibility index (Phi) is 3.72. The van der Waals surface area contributed by atoms with Crippen molar-refractivity contribution < 1.29 is 0 Å². The predicted octanol–water partition coefficient (Wildman–Crippen LogP) is 3.15. The van der Waals surface area contributed by atoms with Crippen LogP contribution in [0.1, 0.15) is 25.3 Å². The zero-order valence-electron chi connectivity index (χ0n) is 9.75. The molecule has 0 atom stereocenters. The Labute approximate surface area is 102 Å². The molecule has 1 aromatic rings. The molecule has 2 N–H and O–H groups in total. The molecule has 0 amide bonds. The van der Waals surface area contributed by atoms with Gasteiger partial charge in [-0.3, -0.25) is 4.90 Å². The maximum Gasteiger partial charge on any atom is 0.0426 e. The van der Waals surface area contributed by atoms with Crippen LogP contribution in [0.3, 0.4) is 0 Å².